The standard InChI is InChI=1S/C17H21FN2O2/c1-3-16(21)19-9-7-17(8-10-19)15(22-2)12-20(17)14-6-4-5-13(18)11-14/h3-6,11,15H,1,7-10,12H2,2H3. The number of halogens is 1. The average Bonchev–Trinajstić information content (AvgIpc) is 2.54. The maximum atomic E-state index is 13.5. The van der Waals surface area contributed by atoms with E-state index in [1.54, 1.807) is 19.2 Å². The van der Waals surface area contributed by atoms with Crippen LogP contribution in [0.4, 0.5) is 10.1 Å². The fourth-order valence-corrected chi connectivity index (χ4v) is 3.71. The molecule has 1 amide bonds. The first-order valence-electron chi connectivity index (χ1n) is 7.58. The Hall–Kier alpha value is -1.88. The summed E-state index contributed by atoms with van der Waals surface area (Å²) >= 11 is 0. The van der Waals surface area contributed by atoms with Gasteiger partial charge in [-0.2, -0.15) is 0 Å². The zero-order chi connectivity index (χ0) is 15.7. The van der Waals surface area contributed by atoms with Crippen LogP contribution < -0.4 is 4.90 Å². The summed E-state index contributed by atoms with van der Waals surface area (Å²) in [5, 5.41) is 0. The molecule has 1 atom stereocenters. The van der Waals surface area contributed by atoms with Crippen molar-refractivity contribution >= 4 is 11.6 Å². The topological polar surface area (TPSA) is 32.8 Å². The molecule has 1 aromatic carbocycles. The largest absolute Gasteiger partial charge is 0.377 e. The highest BCUT2D eigenvalue weighted by atomic mass is 19.1. The summed E-state index contributed by atoms with van der Waals surface area (Å²) < 4.78 is 19.1. The van der Waals surface area contributed by atoms with Crippen molar-refractivity contribution in [1.29, 1.82) is 0 Å². The van der Waals surface area contributed by atoms with Gasteiger partial charge in [0.1, 0.15) is 5.82 Å². The van der Waals surface area contributed by atoms with Crippen molar-refractivity contribution in [3.63, 3.8) is 0 Å². The van der Waals surface area contributed by atoms with Gasteiger partial charge in [-0.3, -0.25) is 4.79 Å². The van der Waals surface area contributed by atoms with Crippen LogP contribution in [0.3, 0.4) is 0 Å². The quantitative estimate of drug-likeness (QED) is 0.803. The lowest BCUT2D eigenvalue weighted by Crippen LogP contribution is -2.74. The maximum Gasteiger partial charge on any atom is 0.245 e. The van der Waals surface area contributed by atoms with Crippen molar-refractivity contribution < 1.29 is 13.9 Å². The van der Waals surface area contributed by atoms with Gasteiger partial charge < -0.3 is 14.5 Å². The van der Waals surface area contributed by atoms with E-state index >= 15 is 0 Å². The molecule has 0 N–H and O–H groups in total. The van der Waals surface area contributed by atoms with Gasteiger partial charge in [-0.25, -0.2) is 4.39 Å². The van der Waals surface area contributed by atoms with E-state index in [0.29, 0.717) is 13.1 Å². The average molecular weight is 304 g/mol. The number of amides is 1. The van der Waals surface area contributed by atoms with Crippen molar-refractivity contribution in [3.05, 3.63) is 42.7 Å². The number of anilines is 1. The number of likely N-dealkylation sites (tertiary alicyclic amines) is 1. The van der Waals surface area contributed by atoms with Gasteiger partial charge in [0.2, 0.25) is 5.91 Å². The molecule has 0 aromatic heterocycles. The Bertz CT molecular complexity index is 582. The Morgan fingerprint density at radius 2 is 2.18 bits per heavy atom. The molecule has 2 aliphatic rings. The lowest BCUT2D eigenvalue weighted by molar-refractivity contribution is -0.129. The Labute approximate surface area is 130 Å². The molecular formula is C17H21FN2O2. The lowest BCUT2D eigenvalue weighted by atomic mass is 9.73. The molecule has 2 fully saturated rings. The zero-order valence-corrected chi connectivity index (χ0v) is 12.8. The van der Waals surface area contributed by atoms with Crippen LogP contribution in [0.15, 0.2) is 36.9 Å². The highest BCUT2D eigenvalue weighted by Crippen LogP contribution is 2.44. The second-order valence-corrected chi connectivity index (χ2v) is 5.95. The van der Waals surface area contributed by atoms with Crippen LogP contribution in [0.2, 0.25) is 0 Å². The molecule has 2 aliphatic heterocycles. The summed E-state index contributed by atoms with van der Waals surface area (Å²) in [5.74, 6) is -0.256. The minimum absolute atomic E-state index is 0.0274. The predicted molar refractivity (Wildman–Crippen MR) is 83.3 cm³/mol. The second-order valence-electron chi connectivity index (χ2n) is 5.95. The molecule has 0 saturated carbocycles. The van der Waals surface area contributed by atoms with E-state index in [-0.39, 0.29) is 23.4 Å². The molecule has 1 aromatic rings. The molecule has 3 rings (SSSR count). The van der Waals surface area contributed by atoms with Crippen molar-refractivity contribution in [2.45, 2.75) is 24.5 Å². The zero-order valence-electron chi connectivity index (χ0n) is 12.8. The monoisotopic (exact) mass is 304 g/mol. The number of rotatable bonds is 3. The van der Waals surface area contributed by atoms with Crippen LogP contribution in [-0.2, 0) is 9.53 Å². The van der Waals surface area contributed by atoms with Crippen LogP contribution >= 0.6 is 0 Å². The Morgan fingerprint density at radius 3 is 2.77 bits per heavy atom. The third-order valence-corrected chi connectivity index (χ3v) is 5.01. The number of ether oxygens (including phenoxy) is 1. The van der Waals surface area contributed by atoms with Gasteiger partial charge >= 0.3 is 0 Å². The fourth-order valence-electron chi connectivity index (χ4n) is 3.71. The normalized spacial score (nSPS) is 23.3. The molecule has 5 heteroatoms. The molecule has 4 nitrogen and oxygen atoms in total. The van der Waals surface area contributed by atoms with Gasteiger partial charge in [0.05, 0.1) is 11.6 Å². The van der Waals surface area contributed by atoms with E-state index < -0.39 is 0 Å². The lowest BCUT2D eigenvalue weighted by Gasteiger charge is -2.61. The van der Waals surface area contributed by atoms with Crippen LogP contribution in [-0.4, -0.2) is 49.2 Å². The number of hydrogen-bond acceptors (Lipinski definition) is 3. The molecule has 1 spiro atoms. The summed E-state index contributed by atoms with van der Waals surface area (Å²) in [6, 6.07) is 6.68. The molecule has 1 unspecified atom stereocenters. The summed E-state index contributed by atoms with van der Waals surface area (Å²) in [5.41, 5.74) is 0.748. The summed E-state index contributed by atoms with van der Waals surface area (Å²) in [6.45, 7) is 5.66. The third-order valence-electron chi connectivity index (χ3n) is 5.01. The molecule has 0 aliphatic carbocycles. The van der Waals surface area contributed by atoms with Crippen molar-refractivity contribution in [2.24, 2.45) is 0 Å². The summed E-state index contributed by atoms with van der Waals surface area (Å²) in [7, 11) is 1.72. The molecule has 2 saturated heterocycles. The Kier molecular flexibility index (Phi) is 3.91. The predicted octanol–water partition coefficient (Wildman–Crippen LogP) is 2.21. The number of hydrogen-bond donors (Lipinski definition) is 0. The summed E-state index contributed by atoms with van der Waals surface area (Å²) in [6.07, 6.45) is 3.12. The molecule has 22 heavy (non-hydrogen) atoms. The Morgan fingerprint density at radius 1 is 1.45 bits per heavy atom. The number of benzene rings is 1. The third kappa shape index (κ3) is 2.29. The van der Waals surface area contributed by atoms with Crippen molar-refractivity contribution in [3.8, 4) is 0 Å². The van der Waals surface area contributed by atoms with E-state index in [4.69, 9.17) is 4.74 Å². The smallest absolute Gasteiger partial charge is 0.245 e. The molecule has 2 heterocycles. The first kappa shape index (κ1) is 15.0. The first-order chi connectivity index (χ1) is 10.6. The number of nitrogens with zero attached hydrogens (tertiary/aromatic N) is 2. The van der Waals surface area contributed by atoms with Gasteiger partial charge in [-0.05, 0) is 37.1 Å². The van der Waals surface area contributed by atoms with E-state index in [2.05, 4.69) is 11.5 Å². The van der Waals surface area contributed by atoms with Crippen molar-refractivity contribution in [1.82, 2.24) is 4.90 Å². The first-order valence-corrected chi connectivity index (χ1v) is 7.58. The Balaban J connectivity index is 1.80. The minimum atomic E-state index is -0.229. The number of carbonyl (C=O) groups is 1. The number of carbonyl (C=O) groups excluding carboxylic acids is 1. The van der Waals surface area contributed by atoms with E-state index in [0.717, 1.165) is 25.1 Å². The highest BCUT2D eigenvalue weighted by Gasteiger charge is 2.55. The van der Waals surface area contributed by atoms with E-state index in [1.807, 2.05) is 11.0 Å². The number of piperidine rings is 1. The number of methoxy groups -OCH3 is 1. The van der Waals surface area contributed by atoms with Crippen molar-refractivity contribution in [2.75, 3.05) is 31.6 Å². The van der Waals surface area contributed by atoms with Crippen LogP contribution in [0.1, 0.15) is 12.8 Å². The van der Waals surface area contributed by atoms with E-state index in [1.165, 1.54) is 12.1 Å². The maximum absolute atomic E-state index is 13.5. The van der Waals surface area contributed by atoms with Crippen LogP contribution in [0.5, 0.6) is 0 Å². The van der Waals surface area contributed by atoms with Crippen LogP contribution in [0.25, 0.3) is 0 Å². The van der Waals surface area contributed by atoms with Gasteiger partial charge in [0, 0.05) is 32.4 Å². The molecule has 0 radical (unpaired) electrons. The SMILES string of the molecule is C=CC(=O)N1CCC2(CC1)C(OC)CN2c1cccc(F)c1. The minimum Gasteiger partial charge on any atom is -0.377 e. The van der Waals surface area contributed by atoms with Gasteiger partial charge in [-0.1, -0.05) is 12.6 Å². The molecule has 118 valence electrons. The second kappa shape index (κ2) is 5.72. The highest BCUT2D eigenvalue weighted by molar-refractivity contribution is 5.87. The molecular weight excluding hydrogens is 283 g/mol. The van der Waals surface area contributed by atoms with Gasteiger partial charge in [-0.15, -0.1) is 0 Å². The van der Waals surface area contributed by atoms with Gasteiger partial charge in [0.15, 0.2) is 0 Å². The summed E-state index contributed by atoms with van der Waals surface area (Å²) in [4.78, 5) is 15.8. The van der Waals surface area contributed by atoms with Crippen LogP contribution in [0, 0.1) is 5.82 Å². The molecule has 0 bridgehead atoms. The van der Waals surface area contributed by atoms with Gasteiger partial charge in [0.25, 0.3) is 0 Å². The fraction of sp³-hybridized carbons (Fsp3) is 0.471. The van der Waals surface area contributed by atoms with E-state index in [9.17, 15) is 9.18 Å².